The Morgan fingerprint density at radius 1 is 0.929 bits per heavy atom. The van der Waals surface area contributed by atoms with Gasteiger partial charge in [-0.2, -0.15) is 0 Å². The molecule has 0 N–H and O–H groups in total. The summed E-state index contributed by atoms with van der Waals surface area (Å²) in [4.78, 5) is -1.91. The van der Waals surface area contributed by atoms with Crippen molar-refractivity contribution < 1.29 is 24.2 Å². The van der Waals surface area contributed by atoms with Crippen LogP contribution in [0.1, 0.15) is 0 Å². The Morgan fingerprint density at radius 2 is 1.36 bits per heavy atom. The summed E-state index contributed by atoms with van der Waals surface area (Å²) in [5.41, 5.74) is 0. The number of halogens is 5. The lowest BCUT2D eigenvalue weighted by atomic mass is 10.3. The molecule has 0 heterocycles. The van der Waals surface area contributed by atoms with Crippen LogP contribution >= 0.6 is 10.2 Å². The molecule has 14 heavy (non-hydrogen) atoms. The monoisotopic (exact) mass is 234 g/mol. The number of hydrogen-bond donors (Lipinski definition) is 0. The van der Waals surface area contributed by atoms with E-state index < -0.39 is 15.1 Å². The van der Waals surface area contributed by atoms with E-state index in [1.807, 2.05) is 0 Å². The van der Waals surface area contributed by atoms with Gasteiger partial charge in [-0.25, -0.2) is 0 Å². The molecule has 7 heteroatoms. The second kappa shape index (κ2) is 2.33. The third-order valence-electron chi connectivity index (χ3n) is 1.50. The first-order chi connectivity index (χ1) is 6.03. The van der Waals surface area contributed by atoms with E-state index in [0.29, 0.717) is 12.1 Å². The highest BCUT2D eigenvalue weighted by atomic mass is 32.5. The fraction of sp³-hybridized carbons (Fsp3) is 0.143. The maximum atomic E-state index is 12.1. The van der Waals surface area contributed by atoms with Gasteiger partial charge in [0.25, 0.3) is 0 Å². The summed E-state index contributed by atoms with van der Waals surface area (Å²) >= 11 is 0. The summed E-state index contributed by atoms with van der Waals surface area (Å²) in [6.45, 7) is 0. The zero-order chi connectivity index (χ0) is 11.1. The van der Waals surface area contributed by atoms with Gasteiger partial charge in [-0.05, 0) is 24.3 Å². The minimum absolute atomic E-state index is 0.0931. The van der Waals surface area contributed by atoms with Gasteiger partial charge in [0.05, 0.1) is 7.11 Å². The van der Waals surface area contributed by atoms with Crippen molar-refractivity contribution in [2.45, 2.75) is 4.90 Å². The second-order valence-corrected chi connectivity index (χ2v) is 5.05. The highest BCUT2D eigenvalue weighted by Crippen LogP contribution is 3.02. The molecule has 0 bridgehead atoms. The first-order valence-electron chi connectivity index (χ1n) is 3.41. The number of methoxy groups -OCH3 is 1. The van der Waals surface area contributed by atoms with E-state index in [-0.39, 0.29) is 5.75 Å². The van der Waals surface area contributed by atoms with Crippen molar-refractivity contribution in [3.8, 4) is 5.75 Å². The summed E-state index contributed by atoms with van der Waals surface area (Å²) in [6, 6.07) is 2.29. The van der Waals surface area contributed by atoms with Gasteiger partial charge in [0.1, 0.15) is 10.6 Å². The predicted octanol–water partition coefficient (Wildman–Crippen LogP) is 4.35. The van der Waals surface area contributed by atoms with E-state index in [4.69, 9.17) is 0 Å². The minimum Gasteiger partial charge on any atom is -0.497 e. The summed E-state index contributed by atoms with van der Waals surface area (Å²) < 4.78 is 65.3. The van der Waals surface area contributed by atoms with E-state index >= 15 is 0 Å². The SMILES string of the molecule is COc1ccc(S(F)(F)(F)(F)F)cc1. The van der Waals surface area contributed by atoms with E-state index in [9.17, 15) is 19.4 Å². The van der Waals surface area contributed by atoms with E-state index in [2.05, 4.69) is 4.74 Å². The average Bonchev–Trinajstić information content (AvgIpc) is 2.01. The van der Waals surface area contributed by atoms with Crippen molar-refractivity contribution in [2.24, 2.45) is 0 Å². The summed E-state index contributed by atoms with van der Waals surface area (Å²) in [5.74, 6) is 0.0931. The molecule has 1 rings (SSSR count). The highest BCUT2D eigenvalue weighted by molar-refractivity contribution is 8.45. The molecule has 82 valence electrons. The minimum atomic E-state index is -9.52. The van der Waals surface area contributed by atoms with Crippen LogP contribution in [0.5, 0.6) is 5.75 Å². The van der Waals surface area contributed by atoms with E-state index in [1.54, 1.807) is 0 Å². The highest BCUT2D eigenvalue weighted by Gasteiger charge is 2.65. The molecule has 0 aliphatic rings. The van der Waals surface area contributed by atoms with Crippen LogP contribution in [0.3, 0.4) is 0 Å². The Hall–Kier alpha value is -0.980. The summed E-state index contributed by atoms with van der Waals surface area (Å²) in [7, 11) is -8.29. The Kier molecular flexibility index (Phi) is 1.85. The van der Waals surface area contributed by atoms with E-state index in [0.717, 1.165) is 12.1 Å². The van der Waals surface area contributed by atoms with Gasteiger partial charge < -0.3 is 4.74 Å². The molecule has 0 spiro atoms. The molecule has 1 nitrogen and oxygen atoms in total. The van der Waals surface area contributed by atoms with Crippen LogP contribution in [0.2, 0.25) is 0 Å². The molecule has 1 aromatic rings. The lowest BCUT2D eigenvalue weighted by Gasteiger charge is -2.40. The number of hydrogen-bond acceptors (Lipinski definition) is 1. The molecular formula is C7H7F5OS. The molecule has 0 aromatic heterocycles. The molecule has 0 atom stereocenters. The molecule has 0 aliphatic carbocycles. The van der Waals surface area contributed by atoms with Crippen LogP contribution in [-0.2, 0) is 0 Å². The Labute approximate surface area is 77.2 Å². The fourth-order valence-electron chi connectivity index (χ4n) is 0.833. The zero-order valence-electron chi connectivity index (χ0n) is 7.02. The summed E-state index contributed by atoms with van der Waals surface area (Å²) in [6.07, 6.45) is 0. The Morgan fingerprint density at radius 3 is 1.64 bits per heavy atom. The predicted molar refractivity (Wildman–Crippen MR) is 44.4 cm³/mol. The second-order valence-electron chi connectivity index (χ2n) is 2.64. The van der Waals surface area contributed by atoms with Crippen LogP contribution in [0, 0.1) is 0 Å². The first kappa shape index (κ1) is 11.1. The van der Waals surface area contributed by atoms with Crippen LogP contribution < -0.4 is 4.74 Å². The molecular weight excluding hydrogens is 227 g/mol. The van der Waals surface area contributed by atoms with Crippen molar-refractivity contribution in [3.05, 3.63) is 24.3 Å². The third kappa shape index (κ3) is 2.50. The molecule has 1 aromatic carbocycles. The fourth-order valence-corrected chi connectivity index (χ4v) is 1.48. The molecule has 0 radical (unpaired) electrons. The van der Waals surface area contributed by atoms with Crippen molar-refractivity contribution in [1.29, 1.82) is 0 Å². The van der Waals surface area contributed by atoms with Gasteiger partial charge in [-0.15, -0.1) is 0 Å². The average molecular weight is 234 g/mol. The van der Waals surface area contributed by atoms with Crippen LogP contribution in [0.4, 0.5) is 19.4 Å². The molecule has 0 saturated heterocycles. The maximum absolute atomic E-state index is 12.1. The molecule has 0 aliphatic heterocycles. The van der Waals surface area contributed by atoms with Crippen molar-refractivity contribution in [2.75, 3.05) is 7.11 Å². The van der Waals surface area contributed by atoms with Gasteiger partial charge in [-0.1, -0.05) is 19.4 Å². The number of ether oxygens (including phenoxy) is 1. The third-order valence-corrected chi connectivity index (χ3v) is 2.67. The molecule has 0 fully saturated rings. The number of rotatable bonds is 2. The standard InChI is InChI=1S/C7H7F5OS/c1-13-6-2-4-7(5-3-6)14(8,9,10,11)12/h2-5H,1H3. The van der Waals surface area contributed by atoms with Gasteiger partial charge in [0.2, 0.25) is 0 Å². The lowest BCUT2D eigenvalue weighted by Crippen LogP contribution is -2.05. The molecule has 0 unspecified atom stereocenters. The van der Waals surface area contributed by atoms with Crippen LogP contribution in [-0.4, -0.2) is 7.11 Å². The molecule has 0 amide bonds. The van der Waals surface area contributed by atoms with Crippen molar-refractivity contribution in [3.63, 3.8) is 0 Å². The Balaban J connectivity index is 3.24. The Bertz CT molecular complexity index is 339. The van der Waals surface area contributed by atoms with Gasteiger partial charge in [-0.3, -0.25) is 0 Å². The van der Waals surface area contributed by atoms with Gasteiger partial charge in [0.15, 0.2) is 0 Å². The van der Waals surface area contributed by atoms with Crippen LogP contribution in [0.25, 0.3) is 0 Å². The summed E-state index contributed by atoms with van der Waals surface area (Å²) in [5, 5.41) is 0. The van der Waals surface area contributed by atoms with Crippen molar-refractivity contribution >= 4 is 10.2 Å². The van der Waals surface area contributed by atoms with Gasteiger partial charge in [0, 0.05) is 0 Å². The topological polar surface area (TPSA) is 9.23 Å². The van der Waals surface area contributed by atoms with Gasteiger partial charge >= 0.3 is 10.2 Å². The quantitative estimate of drug-likeness (QED) is 0.691. The zero-order valence-corrected chi connectivity index (χ0v) is 7.83. The maximum Gasteiger partial charge on any atom is 0.310 e. The van der Waals surface area contributed by atoms with E-state index in [1.165, 1.54) is 7.11 Å². The number of benzene rings is 1. The smallest absolute Gasteiger partial charge is 0.310 e. The normalized spacial score (nSPS) is 17.0. The largest absolute Gasteiger partial charge is 0.497 e. The lowest BCUT2D eigenvalue weighted by molar-refractivity contribution is 0.363. The first-order valence-corrected chi connectivity index (χ1v) is 5.36. The van der Waals surface area contributed by atoms with Crippen molar-refractivity contribution in [1.82, 2.24) is 0 Å². The molecule has 0 saturated carbocycles. The van der Waals surface area contributed by atoms with Crippen LogP contribution in [0.15, 0.2) is 29.2 Å².